The number of hydrogen-bond donors (Lipinski definition) is 3. The van der Waals surface area contributed by atoms with E-state index in [2.05, 4.69) is 26.2 Å². The van der Waals surface area contributed by atoms with Gasteiger partial charge in [-0.2, -0.15) is 0 Å². The lowest BCUT2D eigenvalue weighted by molar-refractivity contribution is 0.464. The van der Waals surface area contributed by atoms with Crippen LogP contribution in [0.4, 0.5) is 5.69 Å². The Bertz CT molecular complexity index is 778. The highest BCUT2D eigenvalue weighted by Crippen LogP contribution is 2.26. The van der Waals surface area contributed by atoms with Crippen LogP contribution in [-0.4, -0.2) is 18.5 Å². The second kappa shape index (κ2) is 6.00. The Labute approximate surface area is 131 Å². The van der Waals surface area contributed by atoms with Gasteiger partial charge in [-0.05, 0) is 53.2 Å². The van der Waals surface area contributed by atoms with Crippen molar-refractivity contribution < 1.29 is 13.5 Å². The van der Waals surface area contributed by atoms with Crippen LogP contribution in [0.3, 0.4) is 0 Å². The van der Waals surface area contributed by atoms with E-state index in [0.29, 0.717) is 22.4 Å². The molecule has 112 valence electrons. The number of nitrogens with two attached hydrogens (primary N) is 1. The summed E-state index contributed by atoms with van der Waals surface area (Å²) in [5, 5.41) is 17.9. The summed E-state index contributed by atoms with van der Waals surface area (Å²) in [5.41, 5.74) is 1.98. The zero-order chi connectivity index (χ0) is 15.6. The number of aromatic nitrogens is 1. The molecule has 2 rings (SSSR count). The first-order valence-corrected chi connectivity index (χ1v) is 8.33. The van der Waals surface area contributed by atoms with Crippen molar-refractivity contribution in [2.75, 3.05) is 5.32 Å². The summed E-state index contributed by atoms with van der Waals surface area (Å²) in [6.07, 6.45) is 0. The van der Waals surface area contributed by atoms with E-state index < -0.39 is 10.0 Å². The van der Waals surface area contributed by atoms with Crippen LogP contribution in [0.15, 0.2) is 39.7 Å². The molecule has 2 aromatic rings. The van der Waals surface area contributed by atoms with Gasteiger partial charge >= 0.3 is 0 Å². The normalized spacial score (nSPS) is 11.4. The maximum atomic E-state index is 11.3. The molecule has 21 heavy (non-hydrogen) atoms. The number of hydrogen-bond acceptors (Lipinski definition) is 5. The van der Waals surface area contributed by atoms with Crippen LogP contribution in [0, 0.1) is 6.92 Å². The van der Waals surface area contributed by atoms with Crippen molar-refractivity contribution in [2.24, 2.45) is 5.14 Å². The molecule has 0 aliphatic carbocycles. The first-order valence-electron chi connectivity index (χ1n) is 5.99. The Morgan fingerprint density at radius 3 is 2.67 bits per heavy atom. The number of nitrogens with zero attached hydrogens (tertiary/aromatic N) is 1. The Hall–Kier alpha value is -1.64. The largest absolute Gasteiger partial charge is 0.506 e. The zero-order valence-corrected chi connectivity index (χ0v) is 13.6. The van der Waals surface area contributed by atoms with Crippen LogP contribution < -0.4 is 10.5 Å². The van der Waals surface area contributed by atoms with Crippen LogP contribution >= 0.6 is 15.9 Å². The standard InChI is InChI=1S/C13H14BrN3O3S/c1-8-2-5-13(18)12(17-8)7-16-11-4-3-9(6-10(11)14)21(15,19)20/h2-6,16,18H,7H2,1H3,(H2,15,19,20). The predicted molar refractivity (Wildman–Crippen MR) is 83.5 cm³/mol. The SMILES string of the molecule is Cc1ccc(O)c(CNc2ccc(S(N)(=O)=O)cc2Br)n1. The first kappa shape index (κ1) is 15.7. The molecule has 0 bridgehead atoms. The van der Waals surface area contributed by atoms with Crippen LogP contribution in [0.25, 0.3) is 0 Å². The fraction of sp³-hybridized carbons (Fsp3) is 0.154. The fourth-order valence-electron chi connectivity index (χ4n) is 1.73. The molecule has 1 aromatic heterocycles. The van der Waals surface area contributed by atoms with Crippen molar-refractivity contribution in [1.82, 2.24) is 4.98 Å². The maximum absolute atomic E-state index is 11.3. The van der Waals surface area contributed by atoms with Gasteiger partial charge in [-0.3, -0.25) is 4.98 Å². The number of primary sulfonamides is 1. The second-order valence-electron chi connectivity index (χ2n) is 4.46. The summed E-state index contributed by atoms with van der Waals surface area (Å²) < 4.78 is 23.1. The van der Waals surface area contributed by atoms with E-state index >= 15 is 0 Å². The van der Waals surface area contributed by atoms with E-state index in [4.69, 9.17) is 5.14 Å². The van der Waals surface area contributed by atoms with Crippen molar-refractivity contribution in [3.63, 3.8) is 0 Å². The number of rotatable bonds is 4. The van der Waals surface area contributed by atoms with Crippen molar-refractivity contribution in [2.45, 2.75) is 18.4 Å². The van der Waals surface area contributed by atoms with E-state index in [1.54, 1.807) is 18.2 Å². The predicted octanol–water partition coefficient (Wildman–Crippen LogP) is 2.12. The topological polar surface area (TPSA) is 105 Å². The Morgan fingerprint density at radius 2 is 2.05 bits per heavy atom. The average molecular weight is 372 g/mol. The Morgan fingerprint density at radius 1 is 1.33 bits per heavy atom. The third-order valence-electron chi connectivity index (χ3n) is 2.80. The highest BCUT2D eigenvalue weighted by Gasteiger charge is 2.11. The molecule has 0 amide bonds. The number of aryl methyl sites for hydroxylation is 1. The van der Waals surface area contributed by atoms with Gasteiger partial charge in [0, 0.05) is 15.9 Å². The van der Waals surface area contributed by atoms with E-state index in [-0.39, 0.29) is 10.6 Å². The molecule has 0 aliphatic heterocycles. The monoisotopic (exact) mass is 371 g/mol. The lowest BCUT2D eigenvalue weighted by Gasteiger charge is -2.10. The van der Waals surface area contributed by atoms with Gasteiger partial charge in [0.25, 0.3) is 0 Å². The van der Waals surface area contributed by atoms with Gasteiger partial charge in [0.15, 0.2) is 0 Å². The number of benzene rings is 1. The fourth-order valence-corrected chi connectivity index (χ4v) is 2.94. The second-order valence-corrected chi connectivity index (χ2v) is 6.87. The molecule has 8 heteroatoms. The summed E-state index contributed by atoms with van der Waals surface area (Å²) in [6, 6.07) is 7.72. The molecular formula is C13H14BrN3O3S. The number of aromatic hydroxyl groups is 1. The minimum absolute atomic E-state index is 0.0245. The average Bonchev–Trinajstić information content (AvgIpc) is 2.40. The third kappa shape index (κ3) is 3.93. The van der Waals surface area contributed by atoms with Gasteiger partial charge in [0.1, 0.15) is 11.4 Å². The van der Waals surface area contributed by atoms with Gasteiger partial charge in [0.05, 0.1) is 11.4 Å². The summed E-state index contributed by atoms with van der Waals surface area (Å²) in [4.78, 5) is 4.26. The summed E-state index contributed by atoms with van der Waals surface area (Å²) in [5.74, 6) is 0.102. The molecule has 0 fully saturated rings. The van der Waals surface area contributed by atoms with Gasteiger partial charge in [-0.25, -0.2) is 13.6 Å². The number of pyridine rings is 1. The molecule has 0 saturated carbocycles. The minimum atomic E-state index is -3.73. The van der Waals surface area contributed by atoms with Crippen molar-refractivity contribution in [3.8, 4) is 5.75 Å². The molecule has 0 spiro atoms. The molecule has 4 N–H and O–H groups in total. The maximum Gasteiger partial charge on any atom is 0.238 e. The Balaban J connectivity index is 2.19. The number of nitrogens with one attached hydrogen (secondary N) is 1. The van der Waals surface area contributed by atoms with E-state index in [0.717, 1.165) is 5.69 Å². The first-order chi connectivity index (χ1) is 9.77. The van der Waals surface area contributed by atoms with Gasteiger partial charge < -0.3 is 10.4 Å². The minimum Gasteiger partial charge on any atom is -0.506 e. The smallest absolute Gasteiger partial charge is 0.238 e. The molecule has 0 unspecified atom stereocenters. The lowest BCUT2D eigenvalue weighted by atomic mass is 10.2. The molecule has 0 aliphatic rings. The van der Waals surface area contributed by atoms with Crippen LogP contribution in [0.5, 0.6) is 5.75 Å². The molecule has 0 saturated heterocycles. The van der Waals surface area contributed by atoms with Gasteiger partial charge in [0.2, 0.25) is 10.0 Å². The summed E-state index contributed by atoms with van der Waals surface area (Å²) in [6.45, 7) is 2.14. The van der Waals surface area contributed by atoms with Crippen molar-refractivity contribution in [3.05, 3.63) is 46.2 Å². The molecule has 0 radical (unpaired) electrons. The summed E-state index contributed by atoms with van der Waals surface area (Å²) in [7, 11) is -3.73. The van der Waals surface area contributed by atoms with Gasteiger partial charge in [-0.15, -0.1) is 0 Å². The highest BCUT2D eigenvalue weighted by molar-refractivity contribution is 9.10. The highest BCUT2D eigenvalue weighted by atomic mass is 79.9. The van der Waals surface area contributed by atoms with E-state index in [1.165, 1.54) is 12.1 Å². The summed E-state index contributed by atoms with van der Waals surface area (Å²) >= 11 is 3.28. The molecule has 1 heterocycles. The third-order valence-corrected chi connectivity index (χ3v) is 4.37. The number of sulfonamides is 1. The molecule has 6 nitrogen and oxygen atoms in total. The molecular weight excluding hydrogens is 358 g/mol. The van der Waals surface area contributed by atoms with E-state index in [9.17, 15) is 13.5 Å². The molecule has 0 atom stereocenters. The quantitative estimate of drug-likeness (QED) is 0.763. The lowest BCUT2D eigenvalue weighted by Crippen LogP contribution is -2.12. The van der Waals surface area contributed by atoms with Crippen LogP contribution in [-0.2, 0) is 16.6 Å². The zero-order valence-electron chi connectivity index (χ0n) is 11.2. The molecule has 1 aromatic carbocycles. The van der Waals surface area contributed by atoms with Crippen molar-refractivity contribution in [1.29, 1.82) is 0 Å². The number of anilines is 1. The van der Waals surface area contributed by atoms with Crippen LogP contribution in [0.1, 0.15) is 11.4 Å². The number of halogens is 1. The Kier molecular flexibility index (Phi) is 4.50. The van der Waals surface area contributed by atoms with Crippen LogP contribution in [0.2, 0.25) is 0 Å². The van der Waals surface area contributed by atoms with Gasteiger partial charge in [-0.1, -0.05) is 0 Å². The van der Waals surface area contributed by atoms with E-state index in [1.807, 2.05) is 6.92 Å². The van der Waals surface area contributed by atoms with Crippen molar-refractivity contribution >= 4 is 31.6 Å².